The summed E-state index contributed by atoms with van der Waals surface area (Å²) in [6, 6.07) is 0.991. The average Bonchev–Trinajstić information content (AvgIpc) is 2.89. The Morgan fingerprint density at radius 2 is 2.00 bits per heavy atom. The van der Waals surface area contributed by atoms with Crippen LogP contribution in [-0.2, 0) is 4.74 Å². The SMILES string of the molecule is CC(C)CN(CC1(C)COCC1N)C1CCCC1. The van der Waals surface area contributed by atoms with Crippen LogP contribution in [0.3, 0.4) is 0 Å². The highest BCUT2D eigenvalue weighted by molar-refractivity contribution is 4.94. The van der Waals surface area contributed by atoms with Crippen molar-refractivity contribution in [3.05, 3.63) is 0 Å². The minimum atomic E-state index is 0.150. The Kier molecular flexibility index (Phi) is 4.68. The number of hydrogen-bond donors (Lipinski definition) is 1. The molecule has 0 radical (unpaired) electrons. The lowest BCUT2D eigenvalue weighted by molar-refractivity contribution is 0.0852. The van der Waals surface area contributed by atoms with Crippen LogP contribution < -0.4 is 5.73 Å². The summed E-state index contributed by atoms with van der Waals surface area (Å²) in [5.41, 5.74) is 6.39. The van der Waals surface area contributed by atoms with Gasteiger partial charge >= 0.3 is 0 Å². The largest absolute Gasteiger partial charge is 0.379 e. The smallest absolute Gasteiger partial charge is 0.0624 e. The second kappa shape index (κ2) is 5.89. The predicted octanol–water partition coefficient (Wildman–Crippen LogP) is 2.25. The molecule has 0 amide bonds. The number of nitrogens with zero attached hydrogens (tertiary/aromatic N) is 1. The Hall–Kier alpha value is -0.120. The Morgan fingerprint density at radius 3 is 2.50 bits per heavy atom. The van der Waals surface area contributed by atoms with Crippen LogP contribution >= 0.6 is 0 Å². The zero-order chi connectivity index (χ0) is 13.2. The maximum Gasteiger partial charge on any atom is 0.0624 e. The first-order valence-electron chi connectivity index (χ1n) is 7.58. The van der Waals surface area contributed by atoms with Crippen molar-refractivity contribution in [1.29, 1.82) is 0 Å². The van der Waals surface area contributed by atoms with Crippen LogP contribution in [0.25, 0.3) is 0 Å². The summed E-state index contributed by atoms with van der Waals surface area (Å²) in [5.74, 6) is 0.729. The third-order valence-corrected chi connectivity index (χ3v) is 4.63. The van der Waals surface area contributed by atoms with Crippen molar-refractivity contribution in [2.75, 3.05) is 26.3 Å². The van der Waals surface area contributed by atoms with Crippen molar-refractivity contribution in [3.63, 3.8) is 0 Å². The standard InChI is InChI=1S/C15H30N2O/c1-12(2)8-17(13-6-4-5-7-13)10-15(3)11-18-9-14(15)16/h12-14H,4-11,16H2,1-3H3. The van der Waals surface area contributed by atoms with Gasteiger partial charge in [-0.2, -0.15) is 0 Å². The zero-order valence-electron chi connectivity index (χ0n) is 12.3. The van der Waals surface area contributed by atoms with Crippen LogP contribution in [0.1, 0.15) is 46.5 Å². The van der Waals surface area contributed by atoms with E-state index >= 15 is 0 Å². The normalized spacial score (nSPS) is 34.0. The number of ether oxygens (including phenoxy) is 1. The van der Waals surface area contributed by atoms with E-state index in [0.717, 1.165) is 31.7 Å². The van der Waals surface area contributed by atoms with Crippen LogP contribution in [0, 0.1) is 11.3 Å². The lowest BCUT2D eigenvalue weighted by atomic mass is 9.84. The molecule has 2 fully saturated rings. The summed E-state index contributed by atoms with van der Waals surface area (Å²) >= 11 is 0. The maximum atomic E-state index is 6.24. The van der Waals surface area contributed by atoms with Gasteiger partial charge in [-0.3, -0.25) is 4.90 Å². The van der Waals surface area contributed by atoms with Gasteiger partial charge in [0.1, 0.15) is 0 Å². The van der Waals surface area contributed by atoms with E-state index < -0.39 is 0 Å². The van der Waals surface area contributed by atoms with Crippen LogP contribution in [0.2, 0.25) is 0 Å². The fraction of sp³-hybridized carbons (Fsp3) is 1.00. The molecule has 1 aliphatic heterocycles. The highest BCUT2D eigenvalue weighted by Crippen LogP contribution is 2.32. The van der Waals surface area contributed by atoms with Crippen molar-refractivity contribution >= 4 is 0 Å². The average molecular weight is 254 g/mol. The molecule has 2 N–H and O–H groups in total. The molecule has 106 valence electrons. The molecule has 2 unspecified atom stereocenters. The van der Waals surface area contributed by atoms with Crippen LogP contribution in [0.5, 0.6) is 0 Å². The predicted molar refractivity (Wildman–Crippen MR) is 75.6 cm³/mol. The molecule has 0 aromatic heterocycles. The Morgan fingerprint density at radius 1 is 1.33 bits per heavy atom. The second-order valence-corrected chi connectivity index (χ2v) is 7.04. The van der Waals surface area contributed by atoms with Gasteiger partial charge < -0.3 is 10.5 Å². The van der Waals surface area contributed by atoms with Crippen LogP contribution in [-0.4, -0.2) is 43.3 Å². The molecule has 2 atom stereocenters. The lowest BCUT2D eigenvalue weighted by Gasteiger charge is -2.38. The van der Waals surface area contributed by atoms with Gasteiger partial charge in [-0.05, 0) is 18.8 Å². The minimum Gasteiger partial charge on any atom is -0.379 e. The first kappa shape index (κ1) is 14.3. The maximum absolute atomic E-state index is 6.24. The highest BCUT2D eigenvalue weighted by atomic mass is 16.5. The second-order valence-electron chi connectivity index (χ2n) is 7.04. The van der Waals surface area contributed by atoms with Gasteiger partial charge in [-0.25, -0.2) is 0 Å². The van der Waals surface area contributed by atoms with E-state index in [1.807, 2.05) is 0 Å². The van der Waals surface area contributed by atoms with Crippen molar-refractivity contribution in [1.82, 2.24) is 4.90 Å². The molecule has 1 heterocycles. The van der Waals surface area contributed by atoms with Crippen LogP contribution in [0.4, 0.5) is 0 Å². The third kappa shape index (κ3) is 3.25. The summed E-state index contributed by atoms with van der Waals surface area (Å²) in [6.07, 6.45) is 5.55. The Bertz CT molecular complexity index is 263. The van der Waals surface area contributed by atoms with Gasteiger partial charge in [-0.1, -0.05) is 33.6 Å². The monoisotopic (exact) mass is 254 g/mol. The van der Waals surface area contributed by atoms with Crippen molar-refractivity contribution in [2.45, 2.75) is 58.5 Å². The van der Waals surface area contributed by atoms with E-state index in [4.69, 9.17) is 10.5 Å². The van der Waals surface area contributed by atoms with E-state index in [1.54, 1.807) is 0 Å². The van der Waals surface area contributed by atoms with Gasteiger partial charge in [0, 0.05) is 30.6 Å². The molecular formula is C15H30N2O. The summed E-state index contributed by atoms with van der Waals surface area (Å²) in [4.78, 5) is 2.70. The number of nitrogens with two attached hydrogens (primary N) is 1. The molecule has 18 heavy (non-hydrogen) atoms. The molecule has 1 aliphatic carbocycles. The summed E-state index contributed by atoms with van der Waals surface area (Å²) in [6.45, 7) is 10.8. The van der Waals surface area contributed by atoms with Crippen molar-refractivity contribution in [2.24, 2.45) is 17.1 Å². The molecule has 0 bridgehead atoms. The first-order valence-corrected chi connectivity index (χ1v) is 7.58. The number of rotatable bonds is 5. The van der Waals surface area contributed by atoms with Gasteiger partial charge in [0.25, 0.3) is 0 Å². The molecule has 0 aromatic carbocycles. The van der Waals surface area contributed by atoms with E-state index in [2.05, 4.69) is 25.7 Å². The quantitative estimate of drug-likeness (QED) is 0.818. The first-order chi connectivity index (χ1) is 8.51. The summed E-state index contributed by atoms with van der Waals surface area (Å²) in [7, 11) is 0. The molecule has 0 spiro atoms. The summed E-state index contributed by atoms with van der Waals surface area (Å²) < 4.78 is 5.59. The molecular weight excluding hydrogens is 224 g/mol. The molecule has 3 nitrogen and oxygen atoms in total. The molecule has 1 saturated carbocycles. The van der Waals surface area contributed by atoms with E-state index in [-0.39, 0.29) is 11.5 Å². The van der Waals surface area contributed by atoms with Crippen LogP contribution in [0.15, 0.2) is 0 Å². The Labute approximate surface area is 112 Å². The molecule has 3 heteroatoms. The van der Waals surface area contributed by atoms with E-state index in [0.29, 0.717) is 0 Å². The van der Waals surface area contributed by atoms with Gasteiger partial charge in [-0.15, -0.1) is 0 Å². The Balaban J connectivity index is 1.99. The fourth-order valence-electron chi connectivity index (χ4n) is 3.44. The lowest BCUT2D eigenvalue weighted by Crippen LogP contribution is -2.50. The van der Waals surface area contributed by atoms with E-state index in [9.17, 15) is 0 Å². The minimum absolute atomic E-state index is 0.150. The van der Waals surface area contributed by atoms with Crippen molar-refractivity contribution in [3.8, 4) is 0 Å². The molecule has 0 aromatic rings. The van der Waals surface area contributed by atoms with Gasteiger partial charge in [0.05, 0.1) is 13.2 Å². The molecule has 1 saturated heterocycles. The summed E-state index contributed by atoms with van der Waals surface area (Å²) in [5, 5.41) is 0. The number of hydrogen-bond acceptors (Lipinski definition) is 3. The highest BCUT2D eigenvalue weighted by Gasteiger charge is 2.40. The van der Waals surface area contributed by atoms with Crippen molar-refractivity contribution < 1.29 is 4.74 Å². The third-order valence-electron chi connectivity index (χ3n) is 4.63. The zero-order valence-corrected chi connectivity index (χ0v) is 12.3. The van der Waals surface area contributed by atoms with E-state index in [1.165, 1.54) is 32.2 Å². The molecule has 2 rings (SSSR count). The fourth-order valence-corrected chi connectivity index (χ4v) is 3.44. The van der Waals surface area contributed by atoms with Gasteiger partial charge in [0.2, 0.25) is 0 Å². The topological polar surface area (TPSA) is 38.5 Å². The molecule has 2 aliphatic rings. The van der Waals surface area contributed by atoms with Gasteiger partial charge in [0.15, 0.2) is 0 Å².